The number of carbonyl (C=O) groups is 1. The minimum Gasteiger partial charge on any atom is -0.509 e. The maximum Gasteiger partial charge on any atom is 0.293 e. The first kappa shape index (κ1) is 29.8. The van der Waals surface area contributed by atoms with Gasteiger partial charge in [0.05, 0.1) is 15.9 Å². The molecule has 0 fully saturated rings. The summed E-state index contributed by atoms with van der Waals surface area (Å²) in [6, 6.07) is 27.9. The van der Waals surface area contributed by atoms with Crippen LogP contribution in [0, 0.1) is 0 Å². The number of nitrogens with one attached hydrogen (secondary N) is 1. The molecule has 2 N–H and O–H groups in total. The van der Waals surface area contributed by atoms with Gasteiger partial charge < -0.3 is 14.6 Å². The predicted molar refractivity (Wildman–Crippen MR) is 176 cm³/mol. The van der Waals surface area contributed by atoms with Crippen LogP contribution in [0.3, 0.4) is 0 Å². The number of fused-ring (bicyclic) bond motifs is 4. The molecule has 16 heteroatoms. The van der Waals surface area contributed by atoms with Crippen LogP contribution in [0.5, 0.6) is 23.0 Å². The number of ether oxygens (including phenoxy) is 2. The minimum atomic E-state index is -4.74. The molecule has 0 saturated heterocycles. The number of amides is 1. The van der Waals surface area contributed by atoms with Crippen molar-refractivity contribution in [3.8, 4) is 23.0 Å². The van der Waals surface area contributed by atoms with E-state index < -0.39 is 42.4 Å². The molecule has 0 bridgehead atoms. The number of benzene rings is 4. The van der Waals surface area contributed by atoms with Crippen molar-refractivity contribution in [2.24, 2.45) is 4.40 Å². The number of anilines is 2. The summed E-state index contributed by atoms with van der Waals surface area (Å²) in [4.78, 5) is 18.1. The summed E-state index contributed by atoms with van der Waals surface area (Å²) in [6.07, 6.45) is 0. The molecule has 0 saturated carbocycles. The molecule has 7 rings (SSSR count). The Hall–Kier alpha value is -4.90. The summed E-state index contributed by atoms with van der Waals surface area (Å²) in [5.41, 5.74) is 0.792. The zero-order chi connectivity index (χ0) is 32.1. The van der Waals surface area contributed by atoms with Crippen molar-refractivity contribution in [3.63, 3.8) is 0 Å². The van der Waals surface area contributed by atoms with Crippen LogP contribution >= 0.6 is 23.1 Å². The van der Waals surface area contributed by atoms with E-state index in [4.69, 9.17) is 9.47 Å². The van der Waals surface area contributed by atoms with E-state index in [1.165, 1.54) is 0 Å². The molecule has 5 aromatic rings. The van der Waals surface area contributed by atoms with Crippen molar-refractivity contribution in [1.29, 1.82) is 0 Å². The third-order valence-corrected chi connectivity index (χ3v) is 11.2. The molecular formula is C30H20N4O8S4. The lowest BCUT2D eigenvalue weighted by molar-refractivity contribution is -0.113. The molecule has 12 nitrogen and oxygen atoms in total. The SMILES string of the molecule is O=C1/C(=C(/O)CS(=O)(=O)Nc2nc3ccc(Oc4ccccc4)cc3s2)S(=O)(=O)N=C2Sc3cc(Oc4ccccc4)ccc3N12. The van der Waals surface area contributed by atoms with Gasteiger partial charge in [0.1, 0.15) is 34.5 Å². The van der Waals surface area contributed by atoms with Gasteiger partial charge in [-0.2, -0.15) is 8.42 Å². The molecule has 46 heavy (non-hydrogen) atoms. The van der Waals surface area contributed by atoms with Crippen LogP contribution in [0.4, 0.5) is 10.8 Å². The number of aliphatic hydroxyl groups excluding tert-OH is 1. The molecule has 3 heterocycles. The van der Waals surface area contributed by atoms with E-state index in [9.17, 15) is 26.7 Å². The van der Waals surface area contributed by atoms with E-state index in [1.54, 1.807) is 60.7 Å². The first-order valence-corrected chi connectivity index (χ1v) is 18.1. The quantitative estimate of drug-likeness (QED) is 0.141. The van der Waals surface area contributed by atoms with Crippen molar-refractivity contribution < 1.29 is 36.2 Å². The summed E-state index contributed by atoms with van der Waals surface area (Å²) < 4.78 is 70.3. The van der Waals surface area contributed by atoms with Crippen molar-refractivity contribution in [3.05, 3.63) is 108 Å². The molecule has 232 valence electrons. The highest BCUT2D eigenvalue weighted by Gasteiger charge is 2.45. The lowest BCUT2D eigenvalue weighted by Gasteiger charge is -2.23. The van der Waals surface area contributed by atoms with Gasteiger partial charge in [-0.1, -0.05) is 47.7 Å². The monoisotopic (exact) mass is 692 g/mol. The molecule has 4 aromatic carbocycles. The Labute approximate surface area is 270 Å². The van der Waals surface area contributed by atoms with E-state index in [0.717, 1.165) is 28.0 Å². The largest absolute Gasteiger partial charge is 0.509 e. The summed E-state index contributed by atoms with van der Waals surface area (Å²) in [5.74, 6) is -1.36. The van der Waals surface area contributed by atoms with Crippen LogP contribution in [0.15, 0.2) is 117 Å². The number of thiazole rings is 1. The molecule has 1 amide bonds. The van der Waals surface area contributed by atoms with E-state index in [0.29, 0.717) is 43.8 Å². The molecular weight excluding hydrogens is 673 g/mol. The first-order chi connectivity index (χ1) is 22.0. The molecule has 0 unspecified atom stereocenters. The predicted octanol–water partition coefficient (Wildman–Crippen LogP) is 6.23. The highest BCUT2D eigenvalue weighted by Crippen LogP contribution is 2.46. The molecule has 0 radical (unpaired) electrons. The number of thioether (sulfide) groups is 1. The fourth-order valence-electron chi connectivity index (χ4n) is 4.64. The summed E-state index contributed by atoms with van der Waals surface area (Å²) in [7, 11) is -9.17. The molecule has 1 aromatic heterocycles. The normalized spacial score (nSPS) is 16.4. The maximum absolute atomic E-state index is 13.5. The Kier molecular flexibility index (Phi) is 7.43. The second kappa shape index (κ2) is 11.5. The Morgan fingerprint density at radius 3 is 2.17 bits per heavy atom. The molecule has 0 spiro atoms. The second-order valence-electron chi connectivity index (χ2n) is 9.84. The van der Waals surface area contributed by atoms with Crippen LogP contribution in [-0.2, 0) is 24.8 Å². The zero-order valence-corrected chi connectivity index (χ0v) is 26.5. The number of sulfonamides is 2. The van der Waals surface area contributed by atoms with E-state index in [1.807, 2.05) is 36.4 Å². The fourth-order valence-corrected chi connectivity index (χ4v) is 9.32. The van der Waals surface area contributed by atoms with Gasteiger partial charge in [0.15, 0.2) is 15.2 Å². The molecule has 0 aliphatic carbocycles. The van der Waals surface area contributed by atoms with Gasteiger partial charge in [-0.3, -0.25) is 14.4 Å². The number of para-hydroxylation sites is 2. The standard InChI is InChI=1S/C30H20N4O8S4/c35-24(17-45(37,38)32-29-31-22-13-11-20(15-25(22)43-29)41-18-7-3-1-4-8-18)27-28(36)34-23-14-12-21(42-19-9-5-2-6-10-19)16-26(23)44-30(34)33-46(27,39)40/h1-16,35H,17H2,(H,31,32)/b27-24-. The average molecular weight is 693 g/mol. The van der Waals surface area contributed by atoms with E-state index in [2.05, 4.69) is 14.1 Å². The highest BCUT2D eigenvalue weighted by molar-refractivity contribution is 8.16. The van der Waals surface area contributed by atoms with E-state index >= 15 is 0 Å². The third-order valence-electron chi connectivity index (χ3n) is 6.57. The van der Waals surface area contributed by atoms with Crippen LogP contribution < -0.4 is 19.1 Å². The van der Waals surface area contributed by atoms with Gasteiger partial charge in [0, 0.05) is 11.0 Å². The number of hydrogen-bond donors (Lipinski definition) is 2. The van der Waals surface area contributed by atoms with Gasteiger partial charge in [-0.15, -0.1) is 4.40 Å². The Bertz CT molecular complexity index is 2310. The number of aliphatic hydroxyl groups is 1. The van der Waals surface area contributed by atoms with Crippen molar-refractivity contribution in [2.75, 3.05) is 15.4 Å². The molecule has 2 aliphatic heterocycles. The van der Waals surface area contributed by atoms with Gasteiger partial charge in [-0.05, 0) is 66.4 Å². The lowest BCUT2D eigenvalue weighted by Crippen LogP contribution is -2.41. The number of amidine groups is 1. The highest BCUT2D eigenvalue weighted by atomic mass is 32.2. The number of rotatable bonds is 8. The molecule has 0 atom stereocenters. The lowest BCUT2D eigenvalue weighted by atomic mass is 10.2. The summed E-state index contributed by atoms with van der Waals surface area (Å²) in [5, 5.41) is 10.6. The van der Waals surface area contributed by atoms with Gasteiger partial charge in [0.25, 0.3) is 15.9 Å². The van der Waals surface area contributed by atoms with Gasteiger partial charge >= 0.3 is 0 Å². The minimum absolute atomic E-state index is 0.0267. The van der Waals surface area contributed by atoms with Crippen LogP contribution in [-0.4, -0.2) is 43.8 Å². The number of aromatic nitrogens is 1. The van der Waals surface area contributed by atoms with E-state index in [-0.39, 0.29) is 10.3 Å². The maximum atomic E-state index is 13.5. The van der Waals surface area contributed by atoms with Gasteiger partial charge in [0.2, 0.25) is 10.0 Å². The Morgan fingerprint density at radius 2 is 1.50 bits per heavy atom. The van der Waals surface area contributed by atoms with Crippen LogP contribution in [0.25, 0.3) is 10.2 Å². The summed E-state index contributed by atoms with van der Waals surface area (Å²) in [6.45, 7) is 0. The Balaban J connectivity index is 1.11. The van der Waals surface area contributed by atoms with Crippen molar-refractivity contribution in [1.82, 2.24) is 4.98 Å². The number of hydrogen-bond acceptors (Lipinski definition) is 11. The van der Waals surface area contributed by atoms with Crippen LogP contribution in [0.1, 0.15) is 0 Å². The second-order valence-corrected chi connectivity index (χ2v) is 15.1. The van der Waals surface area contributed by atoms with Crippen molar-refractivity contribution in [2.45, 2.75) is 4.90 Å². The van der Waals surface area contributed by atoms with Crippen molar-refractivity contribution >= 4 is 75.3 Å². The average Bonchev–Trinajstić information content (AvgIpc) is 3.56. The third kappa shape index (κ3) is 5.90. The summed E-state index contributed by atoms with van der Waals surface area (Å²) >= 11 is 1.94. The number of carbonyl (C=O) groups excluding carboxylic acids is 1. The fraction of sp³-hybridized carbons (Fsp3) is 0.0333. The van der Waals surface area contributed by atoms with Gasteiger partial charge in [-0.25, -0.2) is 13.4 Å². The zero-order valence-electron chi connectivity index (χ0n) is 23.2. The topological polar surface area (TPSA) is 165 Å². The Morgan fingerprint density at radius 1 is 0.870 bits per heavy atom. The molecule has 2 aliphatic rings. The first-order valence-electron chi connectivity index (χ1n) is 13.3. The smallest absolute Gasteiger partial charge is 0.293 e. The number of nitrogens with zero attached hydrogens (tertiary/aromatic N) is 3. The van der Waals surface area contributed by atoms with Crippen LogP contribution in [0.2, 0.25) is 0 Å².